The number of hydrogen-bond acceptors (Lipinski definition) is 3. The summed E-state index contributed by atoms with van der Waals surface area (Å²) < 4.78 is 1.65. The molecule has 1 atom stereocenters. The van der Waals surface area contributed by atoms with Crippen LogP contribution in [-0.2, 0) is 17.8 Å². The van der Waals surface area contributed by atoms with Gasteiger partial charge in [-0.2, -0.15) is 0 Å². The minimum Gasteiger partial charge on any atom is -0.480 e. The van der Waals surface area contributed by atoms with Crippen LogP contribution in [0.4, 0.5) is 0 Å². The summed E-state index contributed by atoms with van der Waals surface area (Å²) in [5.41, 5.74) is 1.45. The van der Waals surface area contributed by atoms with E-state index < -0.39 is 17.9 Å². The normalized spacial score (nSPS) is 12.2. The SMILES string of the molecule is CCCCn1c(CC)c(C)cc(C(=O)N[C@H](C(=O)O)C(C)C)c1=O. The monoisotopic (exact) mass is 336 g/mol. The number of amides is 1. The maximum absolute atomic E-state index is 12.7. The average Bonchev–Trinajstić information content (AvgIpc) is 2.51. The summed E-state index contributed by atoms with van der Waals surface area (Å²) in [4.78, 5) is 36.5. The molecule has 0 unspecified atom stereocenters. The first-order valence-electron chi connectivity index (χ1n) is 8.51. The first-order chi connectivity index (χ1) is 11.2. The van der Waals surface area contributed by atoms with Crippen LogP contribution in [0.15, 0.2) is 10.9 Å². The van der Waals surface area contributed by atoms with Gasteiger partial charge in [0.05, 0.1) is 0 Å². The van der Waals surface area contributed by atoms with E-state index in [2.05, 4.69) is 5.32 Å². The molecule has 1 aromatic heterocycles. The first kappa shape index (κ1) is 19.9. The molecule has 0 fully saturated rings. The molecular weight excluding hydrogens is 308 g/mol. The Bertz CT molecular complexity index is 662. The number of rotatable bonds is 8. The second-order valence-electron chi connectivity index (χ2n) is 6.39. The number of unbranched alkanes of at least 4 members (excludes halogenated alkanes) is 1. The minimum absolute atomic E-state index is 0.00713. The number of carbonyl (C=O) groups excluding carboxylic acids is 1. The predicted octanol–water partition coefficient (Wildman–Crippen LogP) is 2.36. The van der Waals surface area contributed by atoms with Gasteiger partial charge in [0.25, 0.3) is 11.5 Å². The quantitative estimate of drug-likeness (QED) is 0.763. The van der Waals surface area contributed by atoms with Gasteiger partial charge >= 0.3 is 5.97 Å². The van der Waals surface area contributed by atoms with Gasteiger partial charge in [0.1, 0.15) is 11.6 Å². The molecule has 0 saturated heterocycles. The number of nitrogens with zero attached hydrogens (tertiary/aromatic N) is 1. The lowest BCUT2D eigenvalue weighted by molar-refractivity contribution is -0.140. The zero-order chi connectivity index (χ0) is 18.4. The Morgan fingerprint density at radius 1 is 1.29 bits per heavy atom. The molecule has 0 spiro atoms. The van der Waals surface area contributed by atoms with Gasteiger partial charge in [-0.15, -0.1) is 0 Å². The Morgan fingerprint density at radius 2 is 1.92 bits per heavy atom. The maximum Gasteiger partial charge on any atom is 0.326 e. The highest BCUT2D eigenvalue weighted by Gasteiger charge is 2.26. The van der Waals surface area contributed by atoms with Crippen molar-refractivity contribution in [2.75, 3.05) is 0 Å². The fraction of sp³-hybridized carbons (Fsp3) is 0.611. The molecule has 2 N–H and O–H groups in total. The van der Waals surface area contributed by atoms with Crippen molar-refractivity contribution in [1.82, 2.24) is 9.88 Å². The molecule has 1 aromatic rings. The molecule has 1 heterocycles. The number of aryl methyl sites for hydroxylation is 1. The number of aliphatic carboxylic acids is 1. The fourth-order valence-corrected chi connectivity index (χ4v) is 2.76. The Morgan fingerprint density at radius 3 is 2.38 bits per heavy atom. The van der Waals surface area contributed by atoms with E-state index in [9.17, 15) is 19.5 Å². The zero-order valence-electron chi connectivity index (χ0n) is 15.2. The predicted molar refractivity (Wildman–Crippen MR) is 93.5 cm³/mol. The third-order valence-electron chi connectivity index (χ3n) is 4.15. The van der Waals surface area contributed by atoms with Crippen molar-refractivity contribution in [3.8, 4) is 0 Å². The molecule has 1 amide bonds. The van der Waals surface area contributed by atoms with Gasteiger partial charge in [-0.3, -0.25) is 9.59 Å². The van der Waals surface area contributed by atoms with Gasteiger partial charge in [0.2, 0.25) is 0 Å². The van der Waals surface area contributed by atoms with Crippen LogP contribution in [0.5, 0.6) is 0 Å². The second kappa shape index (κ2) is 8.66. The highest BCUT2D eigenvalue weighted by Crippen LogP contribution is 2.11. The van der Waals surface area contributed by atoms with Crippen molar-refractivity contribution in [1.29, 1.82) is 0 Å². The second-order valence-corrected chi connectivity index (χ2v) is 6.39. The minimum atomic E-state index is -1.11. The van der Waals surface area contributed by atoms with Crippen LogP contribution in [0.1, 0.15) is 62.2 Å². The van der Waals surface area contributed by atoms with Crippen molar-refractivity contribution in [2.45, 2.75) is 66.5 Å². The summed E-state index contributed by atoms with van der Waals surface area (Å²) >= 11 is 0. The van der Waals surface area contributed by atoms with Gasteiger partial charge in [0.15, 0.2) is 0 Å². The number of aromatic nitrogens is 1. The van der Waals surface area contributed by atoms with Crippen LogP contribution in [0.25, 0.3) is 0 Å². The third-order valence-corrected chi connectivity index (χ3v) is 4.15. The van der Waals surface area contributed by atoms with Crippen molar-refractivity contribution < 1.29 is 14.7 Å². The molecule has 24 heavy (non-hydrogen) atoms. The lowest BCUT2D eigenvalue weighted by Crippen LogP contribution is -2.46. The van der Waals surface area contributed by atoms with E-state index in [-0.39, 0.29) is 17.0 Å². The lowest BCUT2D eigenvalue weighted by atomic mass is 10.0. The molecule has 0 aliphatic heterocycles. The van der Waals surface area contributed by atoms with Gasteiger partial charge in [-0.25, -0.2) is 4.79 Å². The van der Waals surface area contributed by atoms with Gasteiger partial charge < -0.3 is 15.0 Å². The number of pyridine rings is 1. The Balaban J connectivity index is 3.28. The van der Waals surface area contributed by atoms with Crippen LogP contribution in [-0.4, -0.2) is 27.6 Å². The van der Waals surface area contributed by atoms with Gasteiger partial charge in [-0.05, 0) is 37.3 Å². The number of nitrogens with one attached hydrogen (secondary N) is 1. The Kier molecular flexibility index (Phi) is 7.19. The van der Waals surface area contributed by atoms with E-state index >= 15 is 0 Å². The number of carboxylic acids is 1. The Labute approximate surface area is 142 Å². The smallest absolute Gasteiger partial charge is 0.326 e. The van der Waals surface area contributed by atoms with Gasteiger partial charge in [0, 0.05) is 12.2 Å². The zero-order valence-corrected chi connectivity index (χ0v) is 15.2. The van der Waals surface area contributed by atoms with Crippen LogP contribution in [0.2, 0.25) is 0 Å². The largest absolute Gasteiger partial charge is 0.480 e. The molecule has 134 valence electrons. The maximum atomic E-state index is 12.7. The molecule has 1 rings (SSSR count). The summed E-state index contributed by atoms with van der Waals surface area (Å²) in [6.45, 7) is 9.87. The summed E-state index contributed by atoms with van der Waals surface area (Å²) in [6, 6.07) is 0.546. The van der Waals surface area contributed by atoms with Gasteiger partial charge in [-0.1, -0.05) is 34.1 Å². The molecule has 6 nitrogen and oxygen atoms in total. The summed E-state index contributed by atoms with van der Waals surface area (Å²) in [5, 5.41) is 11.7. The third kappa shape index (κ3) is 4.46. The molecule has 6 heteroatoms. The molecule has 0 aromatic carbocycles. The van der Waals surface area contributed by atoms with Crippen molar-refractivity contribution in [3.05, 3.63) is 33.2 Å². The molecule has 0 radical (unpaired) electrons. The van der Waals surface area contributed by atoms with E-state index in [0.29, 0.717) is 13.0 Å². The molecular formula is C18H28N2O4. The van der Waals surface area contributed by atoms with E-state index in [1.54, 1.807) is 24.5 Å². The van der Waals surface area contributed by atoms with E-state index in [4.69, 9.17) is 0 Å². The van der Waals surface area contributed by atoms with Crippen LogP contribution < -0.4 is 10.9 Å². The van der Waals surface area contributed by atoms with Crippen LogP contribution in [0, 0.1) is 12.8 Å². The van der Waals surface area contributed by atoms with Crippen LogP contribution >= 0.6 is 0 Å². The van der Waals surface area contributed by atoms with Crippen molar-refractivity contribution in [2.24, 2.45) is 5.92 Å². The highest BCUT2D eigenvalue weighted by atomic mass is 16.4. The van der Waals surface area contributed by atoms with E-state index in [1.807, 2.05) is 20.8 Å². The van der Waals surface area contributed by atoms with Crippen molar-refractivity contribution in [3.63, 3.8) is 0 Å². The number of carboxylic acid groups (broad SMARTS) is 1. The van der Waals surface area contributed by atoms with E-state index in [0.717, 1.165) is 24.1 Å². The lowest BCUT2D eigenvalue weighted by Gasteiger charge is -2.20. The Hall–Kier alpha value is -2.11. The fourth-order valence-electron chi connectivity index (χ4n) is 2.76. The highest BCUT2D eigenvalue weighted by molar-refractivity contribution is 5.96. The topological polar surface area (TPSA) is 88.4 Å². The molecule has 0 aliphatic carbocycles. The average molecular weight is 336 g/mol. The summed E-state index contributed by atoms with van der Waals surface area (Å²) in [7, 11) is 0. The molecule has 0 bridgehead atoms. The molecule has 0 saturated carbocycles. The summed E-state index contributed by atoms with van der Waals surface area (Å²) in [6.07, 6.45) is 2.50. The van der Waals surface area contributed by atoms with Crippen molar-refractivity contribution >= 4 is 11.9 Å². The summed E-state index contributed by atoms with van der Waals surface area (Å²) in [5.74, 6) is -2.01. The number of hydrogen-bond donors (Lipinski definition) is 2. The molecule has 0 aliphatic rings. The number of carbonyl (C=O) groups is 2. The first-order valence-corrected chi connectivity index (χ1v) is 8.51. The standard InChI is InChI=1S/C18H28N2O4/c1-6-8-9-20-14(7-2)12(5)10-13(17(20)22)16(21)19-15(11(3)4)18(23)24/h10-11,15H,6-9H2,1-5H3,(H,19,21)(H,23,24)/t15-/m0/s1. The van der Waals surface area contributed by atoms with E-state index in [1.165, 1.54) is 0 Å². The van der Waals surface area contributed by atoms with Crippen LogP contribution in [0.3, 0.4) is 0 Å².